The van der Waals surface area contributed by atoms with Gasteiger partial charge in [0.1, 0.15) is 17.2 Å². The monoisotopic (exact) mass is 351 g/mol. The zero-order valence-corrected chi connectivity index (χ0v) is 14.3. The number of aryl methyl sites for hydroxylation is 1. The van der Waals surface area contributed by atoms with Gasteiger partial charge in [0.2, 0.25) is 0 Å². The Morgan fingerprint density at radius 2 is 1.46 bits per heavy atom. The number of hydrogen-bond donors (Lipinski definition) is 0. The molecule has 0 aliphatic carbocycles. The van der Waals surface area contributed by atoms with Gasteiger partial charge in [0.05, 0.1) is 18.1 Å². The fourth-order valence-electron chi connectivity index (χ4n) is 2.49. The number of rotatable bonds is 6. The zero-order chi connectivity index (χ0) is 18.5. The van der Waals surface area contributed by atoms with Crippen molar-refractivity contribution in [1.82, 2.24) is 0 Å². The van der Waals surface area contributed by atoms with Gasteiger partial charge < -0.3 is 14.2 Å². The lowest BCUT2D eigenvalue weighted by atomic mass is 10.2. The number of ether oxygens (including phenoxy) is 3. The van der Waals surface area contributed by atoms with E-state index in [1.54, 1.807) is 43.5 Å². The molecule has 0 N–H and O–H groups in total. The zero-order valence-electron chi connectivity index (χ0n) is 14.3. The van der Waals surface area contributed by atoms with Crippen LogP contribution in [0.1, 0.15) is 5.56 Å². The Morgan fingerprint density at radius 3 is 2.15 bits per heavy atom. The van der Waals surface area contributed by atoms with E-state index < -0.39 is 4.92 Å². The summed E-state index contributed by atoms with van der Waals surface area (Å²) in [5.41, 5.74) is 0.938. The highest BCUT2D eigenvalue weighted by Gasteiger charge is 2.10. The third-order valence-electron chi connectivity index (χ3n) is 3.68. The number of nitrogens with zero attached hydrogens (tertiary/aromatic N) is 1. The molecule has 26 heavy (non-hydrogen) atoms. The van der Waals surface area contributed by atoms with Crippen molar-refractivity contribution in [2.45, 2.75) is 6.92 Å². The largest absolute Gasteiger partial charge is 0.493 e. The van der Waals surface area contributed by atoms with Crippen molar-refractivity contribution in [1.29, 1.82) is 0 Å². The second-order valence-electron chi connectivity index (χ2n) is 5.54. The number of nitro groups is 1. The lowest BCUT2D eigenvalue weighted by Crippen LogP contribution is -1.93. The Hall–Kier alpha value is -3.54. The maximum atomic E-state index is 10.9. The highest BCUT2D eigenvalue weighted by molar-refractivity contribution is 5.49. The summed E-state index contributed by atoms with van der Waals surface area (Å²) in [6.07, 6.45) is 0. The second-order valence-corrected chi connectivity index (χ2v) is 5.54. The molecule has 0 heterocycles. The molecule has 0 spiro atoms. The summed E-state index contributed by atoms with van der Waals surface area (Å²) in [7, 11) is 1.59. The molecule has 0 amide bonds. The number of non-ortho nitro benzene ring substituents is 1. The lowest BCUT2D eigenvalue weighted by Gasteiger charge is -2.13. The quantitative estimate of drug-likeness (QED) is 0.433. The first-order chi connectivity index (χ1) is 12.6. The molecule has 0 fully saturated rings. The number of para-hydroxylation sites is 1. The molecule has 0 atom stereocenters. The van der Waals surface area contributed by atoms with Crippen molar-refractivity contribution < 1.29 is 19.1 Å². The topological polar surface area (TPSA) is 70.8 Å². The number of nitro benzene ring substituents is 1. The van der Waals surface area contributed by atoms with Crippen LogP contribution < -0.4 is 14.2 Å². The summed E-state index contributed by atoms with van der Waals surface area (Å²) in [5.74, 6) is 2.72. The van der Waals surface area contributed by atoms with Gasteiger partial charge in [-0.3, -0.25) is 10.1 Å². The van der Waals surface area contributed by atoms with Crippen LogP contribution >= 0.6 is 0 Å². The van der Waals surface area contributed by atoms with Crippen molar-refractivity contribution in [2.75, 3.05) is 7.11 Å². The molecule has 132 valence electrons. The summed E-state index contributed by atoms with van der Waals surface area (Å²) in [4.78, 5) is 10.4. The fraction of sp³-hybridized carbons (Fsp3) is 0.100. The van der Waals surface area contributed by atoms with E-state index in [0.29, 0.717) is 28.7 Å². The van der Waals surface area contributed by atoms with E-state index in [0.717, 1.165) is 5.56 Å². The molecule has 0 radical (unpaired) electrons. The summed E-state index contributed by atoms with van der Waals surface area (Å²) >= 11 is 0. The minimum absolute atomic E-state index is 0.0283. The number of hydrogen-bond acceptors (Lipinski definition) is 5. The van der Waals surface area contributed by atoms with Crippen LogP contribution in [0.3, 0.4) is 0 Å². The van der Waals surface area contributed by atoms with E-state index >= 15 is 0 Å². The van der Waals surface area contributed by atoms with Gasteiger partial charge in [-0.05, 0) is 36.8 Å². The fourth-order valence-corrected chi connectivity index (χ4v) is 2.49. The number of methoxy groups -OCH3 is 1. The molecule has 0 saturated carbocycles. The Labute approximate surface area is 150 Å². The van der Waals surface area contributed by atoms with Crippen LogP contribution in [0.4, 0.5) is 5.69 Å². The predicted octanol–water partition coefficient (Wildman–Crippen LogP) is 5.50. The molecule has 3 aromatic rings. The molecular weight excluding hydrogens is 334 g/mol. The predicted molar refractivity (Wildman–Crippen MR) is 97.4 cm³/mol. The van der Waals surface area contributed by atoms with Gasteiger partial charge in [0.15, 0.2) is 11.5 Å². The minimum Gasteiger partial charge on any atom is -0.493 e. The van der Waals surface area contributed by atoms with Crippen LogP contribution in [0.25, 0.3) is 0 Å². The van der Waals surface area contributed by atoms with Gasteiger partial charge in [-0.15, -0.1) is 0 Å². The second kappa shape index (κ2) is 7.57. The Balaban J connectivity index is 1.82. The first-order valence-electron chi connectivity index (χ1n) is 7.90. The maximum absolute atomic E-state index is 10.9. The summed E-state index contributed by atoms with van der Waals surface area (Å²) in [5, 5.41) is 10.9. The molecule has 0 aliphatic rings. The van der Waals surface area contributed by atoms with Crippen LogP contribution in [0.2, 0.25) is 0 Å². The van der Waals surface area contributed by atoms with Gasteiger partial charge in [0, 0.05) is 12.1 Å². The van der Waals surface area contributed by atoms with Gasteiger partial charge >= 0.3 is 0 Å². The third-order valence-corrected chi connectivity index (χ3v) is 3.68. The van der Waals surface area contributed by atoms with Gasteiger partial charge in [-0.25, -0.2) is 0 Å². The Kier molecular flexibility index (Phi) is 5.03. The van der Waals surface area contributed by atoms with Gasteiger partial charge in [-0.1, -0.05) is 24.3 Å². The molecule has 0 aliphatic heterocycles. The molecule has 6 heteroatoms. The first-order valence-corrected chi connectivity index (χ1v) is 7.90. The Morgan fingerprint density at radius 1 is 0.846 bits per heavy atom. The van der Waals surface area contributed by atoms with Crippen molar-refractivity contribution in [3.05, 3.63) is 82.4 Å². The van der Waals surface area contributed by atoms with E-state index in [2.05, 4.69) is 0 Å². The van der Waals surface area contributed by atoms with E-state index in [1.807, 2.05) is 25.1 Å². The summed E-state index contributed by atoms with van der Waals surface area (Å²) in [6, 6.07) is 18.7. The van der Waals surface area contributed by atoms with Crippen molar-refractivity contribution in [3.8, 4) is 28.7 Å². The molecule has 0 aromatic heterocycles. The molecule has 3 rings (SSSR count). The lowest BCUT2D eigenvalue weighted by molar-refractivity contribution is -0.384. The SMILES string of the molecule is COc1c(C)cccc1Oc1cccc(Oc2cccc([N+](=O)[O-])c2)c1. The van der Waals surface area contributed by atoms with E-state index in [9.17, 15) is 10.1 Å². The molecule has 0 bridgehead atoms. The maximum Gasteiger partial charge on any atom is 0.273 e. The number of benzene rings is 3. The first kappa shape index (κ1) is 17.3. The Bertz CT molecular complexity index is 939. The smallest absolute Gasteiger partial charge is 0.273 e. The van der Waals surface area contributed by atoms with Gasteiger partial charge in [0.25, 0.3) is 5.69 Å². The van der Waals surface area contributed by atoms with Crippen molar-refractivity contribution in [2.24, 2.45) is 0 Å². The molecule has 0 saturated heterocycles. The summed E-state index contributed by atoms with van der Waals surface area (Å²) in [6.45, 7) is 1.94. The van der Waals surface area contributed by atoms with Crippen LogP contribution in [-0.4, -0.2) is 12.0 Å². The highest BCUT2D eigenvalue weighted by atomic mass is 16.6. The van der Waals surface area contributed by atoms with Crippen LogP contribution in [-0.2, 0) is 0 Å². The van der Waals surface area contributed by atoms with E-state index in [1.165, 1.54) is 12.1 Å². The highest BCUT2D eigenvalue weighted by Crippen LogP contribution is 2.35. The average Bonchev–Trinajstić information content (AvgIpc) is 2.62. The molecule has 3 aromatic carbocycles. The molecule has 6 nitrogen and oxygen atoms in total. The van der Waals surface area contributed by atoms with Gasteiger partial charge in [-0.2, -0.15) is 0 Å². The standard InChI is InChI=1S/C20H17NO5/c1-14-6-3-11-19(20(14)24-2)26-18-10-5-9-17(13-18)25-16-8-4-7-15(12-16)21(22)23/h3-13H,1-2H3. The molecular formula is C20H17NO5. The van der Waals surface area contributed by atoms with E-state index in [4.69, 9.17) is 14.2 Å². The normalized spacial score (nSPS) is 10.2. The van der Waals surface area contributed by atoms with Crippen LogP contribution in [0.5, 0.6) is 28.7 Å². The minimum atomic E-state index is -0.462. The average molecular weight is 351 g/mol. The van der Waals surface area contributed by atoms with Crippen molar-refractivity contribution >= 4 is 5.69 Å². The van der Waals surface area contributed by atoms with Crippen LogP contribution in [0, 0.1) is 17.0 Å². The third kappa shape index (κ3) is 3.92. The van der Waals surface area contributed by atoms with E-state index in [-0.39, 0.29) is 5.69 Å². The van der Waals surface area contributed by atoms with Crippen LogP contribution in [0.15, 0.2) is 66.7 Å². The molecule has 0 unspecified atom stereocenters. The van der Waals surface area contributed by atoms with Crippen molar-refractivity contribution in [3.63, 3.8) is 0 Å². The summed E-state index contributed by atoms with van der Waals surface area (Å²) < 4.78 is 17.0.